The van der Waals surface area contributed by atoms with Crippen molar-refractivity contribution in [3.8, 4) is 33.6 Å². The van der Waals surface area contributed by atoms with E-state index in [4.69, 9.17) is 4.98 Å². The van der Waals surface area contributed by atoms with Crippen LogP contribution in [0.3, 0.4) is 0 Å². The Balaban J connectivity index is 0.936. The zero-order valence-corrected chi connectivity index (χ0v) is 29.7. The molecule has 53 heavy (non-hydrogen) atoms. The Bertz CT molecular complexity index is 2070. The minimum atomic E-state index is -1.16. The maximum atomic E-state index is 13.9. The number of likely N-dealkylation sites (tertiary alicyclic amines) is 2. The monoisotopic (exact) mass is 712 g/mol. The van der Waals surface area contributed by atoms with E-state index in [1.807, 2.05) is 29.3 Å². The van der Waals surface area contributed by atoms with Crippen LogP contribution in [0.2, 0.25) is 0 Å². The molecule has 12 nitrogen and oxygen atoms in total. The van der Waals surface area contributed by atoms with Gasteiger partial charge in [0.05, 0.1) is 41.9 Å². The second kappa shape index (κ2) is 14.7. The lowest BCUT2D eigenvalue weighted by molar-refractivity contribution is -0.137. The maximum absolute atomic E-state index is 13.9. The molecular formula is C41H44N8O4. The number of imidazole rings is 2. The van der Waals surface area contributed by atoms with Crippen molar-refractivity contribution < 1.29 is 19.5 Å². The average Bonchev–Trinajstić information content (AvgIpc) is 4.05. The molecule has 272 valence electrons. The first kappa shape index (κ1) is 34.3. The highest BCUT2D eigenvalue weighted by Crippen LogP contribution is 2.36. The fraction of sp³-hybridized carbons (Fsp3) is 0.341. The predicted molar refractivity (Wildman–Crippen MR) is 200 cm³/mol. The van der Waals surface area contributed by atoms with E-state index in [-0.39, 0.29) is 29.9 Å². The number of benzene rings is 3. The largest absolute Gasteiger partial charge is 0.465 e. The standard InChI is InChI=1S/C41H44N8O4/c1-47(41(52)53)36(30-8-3-2-4-9-30)40(51)49-23-7-12-35(49)38-44-25-33(46-38)29-19-15-27(16-20-29)26-13-17-28(18-14-26)32-24-43-37(45-32)34-11-6-22-48(34)39(50)31-10-5-21-42-31/h2-4,8-9,13-20,24-25,31,34-36,42H,5-7,10-12,21-23H2,1H3,(H,43,45)(H,44,46)(H,52,53)/t31-,34+,35+,36-/m1/s1. The maximum Gasteiger partial charge on any atom is 0.407 e. The number of aromatic amines is 2. The summed E-state index contributed by atoms with van der Waals surface area (Å²) in [6, 6.07) is 24.4. The number of H-pyrrole nitrogens is 2. The van der Waals surface area contributed by atoms with E-state index in [1.54, 1.807) is 23.2 Å². The summed E-state index contributed by atoms with van der Waals surface area (Å²) in [5.41, 5.74) is 6.58. The molecule has 0 spiro atoms. The number of carboxylic acid groups (broad SMARTS) is 1. The third-order valence-corrected chi connectivity index (χ3v) is 11.0. The van der Waals surface area contributed by atoms with Crippen molar-refractivity contribution in [2.45, 2.75) is 62.7 Å². The van der Waals surface area contributed by atoms with Gasteiger partial charge in [0, 0.05) is 20.1 Å². The molecule has 0 saturated carbocycles. The Hall–Kier alpha value is -5.75. The summed E-state index contributed by atoms with van der Waals surface area (Å²) in [7, 11) is 1.44. The molecule has 4 N–H and O–H groups in total. The van der Waals surface area contributed by atoms with Crippen molar-refractivity contribution in [1.82, 2.24) is 40.0 Å². The van der Waals surface area contributed by atoms with Gasteiger partial charge in [-0.15, -0.1) is 0 Å². The van der Waals surface area contributed by atoms with Crippen molar-refractivity contribution >= 4 is 17.9 Å². The topological polar surface area (TPSA) is 151 Å². The molecule has 3 aliphatic heterocycles. The summed E-state index contributed by atoms with van der Waals surface area (Å²) in [4.78, 5) is 60.2. The van der Waals surface area contributed by atoms with E-state index < -0.39 is 12.1 Å². The Morgan fingerprint density at radius 3 is 1.77 bits per heavy atom. The van der Waals surface area contributed by atoms with Crippen LogP contribution in [0.15, 0.2) is 91.3 Å². The van der Waals surface area contributed by atoms with Crippen molar-refractivity contribution in [3.05, 3.63) is 108 Å². The van der Waals surface area contributed by atoms with Crippen molar-refractivity contribution in [2.75, 3.05) is 26.7 Å². The van der Waals surface area contributed by atoms with Crippen LogP contribution < -0.4 is 5.32 Å². The van der Waals surface area contributed by atoms with E-state index in [2.05, 4.69) is 68.8 Å². The van der Waals surface area contributed by atoms with Gasteiger partial charge in [0.15, 0.2) is 0 Å². The number of carbonyl (C=O) groups is 3. The lowest BCUT2D eigenvalue weighted by Gasteiger charge is -2.32. The molecule has 3 saturated heterocycles. The van der Waals surface area contributed by atoms with Gasteiger partial charge in [-0.1, -0.05) is 78.9 Å². The lowest BCUT2D eigenvalue weighted by atomic mass is 10.0. The molecule has 12 heteroatoms. The molecule has 3 aromatic carbocycles. The van der Waals surface area contributed by atoms with Gasteiger partial charge in [-0.3, -0.25) is 14.5 Å². The van der Waals surface area contributed by atoms with Crippen molar-refractivity contribution in [1.29, 1.82) is 0 Å². The zero-order valence-electron chi connectivity index (χ0n) is 29.7. The Kier molecular flexibility index (Phi) is 9.53. The van der Waals surface area contributed by atoms with Crippen LogP contribution in [0.4, 0.5) is 4.79 Å². The van der Waals surface area contributed by atoms with Gasteiger partial charge in [-0.05, 0) is 72.9 Å². The molecule has 0 bridgehead atoms. The smallest absolute Gasteiger partial charge is 0.407 e. The minimum Gasteiger partial charge on any atom is -0.465 e. The Labute approximate surface area is 308 Å². The molecule has 3 aliphatic rings. The third-order valence-electron chi connectivity index (χ3n) is 11.0. The highest BCUT2D eigenvalue weighted by atomic mass is 16.4. The van der Waals surface area contributed by atoms with Gasteiger partial charge in [-0.25, -0.2) is 14.8 Å². The first-order valence-corrected chi connectivity index (χ1v) is 18.5. The van der Waals surface area contributed by atoms with Gasteiger partial charge >= 0.3 is 6.09 Å². The number of hydrogen-bond donors (Lipinski definition) is 4. The van der Waals surface area contributed by atoms with Crippen molar-refractivity contribution in [3.63, 3.8) is 0 Å². The van der Waals surface area contributed by atoms with E-state index in [0.29, 0.717) is 17.9 Å². The fourth-order valence-electron chi connectivity index (χ4n) is 8.15. The summed E-state index contributed by atoms with van der Waals surface area (Å²) in [5.74, 6) is 1.47. The van der Waals surface area contributed by atoms with Gasteiger partial charge in [0.2, 0.25) is 5.91 Å². The van der Waals surface area contributed by atoms with Crippen LogP contribution in [-0.4, -0.2) is 90.4 Å². The van der Waals surface area contributed by atoms with Crippen LogP contribution in [0.5, 0.6) is 0 Å². The number of carbonyl (C=O) groups excluding carboxylic acids is 2. The summed E-state index contributed by atoms with van der Waals surface area (Å²) in [6.45, 7) is 2.21. The number of aromatic nitrogens is 4. The molecule has 0 unspecified atom stereocenters. The number of nitrogens with one attached hydrogen (secondary N) is 3. The molecule has 8 rings (SSSR count). The van der Waals surface area contributed by atoms with Crippen LogP contribution in [-0.2, 0) is 9.59 Å². The van der Waals surface area contributed by atoms with E-state index in [1.165, 1.54) is 7.05 Å². The number of nitrogens with zero attached hydrogens (tertiary/aromatic N) is 5. The first-order valence-electron chi connectivity index (χ1n) is 18.5. The first-order chi connectivity index (χ1) is 25.9. The molecular weight excluding hydrogens is 669 g/mol. The van der Waals surface area contributed by atoms with Crippen molar-refractivity contribution in [2.24, 2.45) is 0 Å². The summed E-state index contributed by atoms with van der Waals surface area (Å²) >= 11 is 0. The molecule has 3 fully saturated rings. The molecule has 3 amide bonds. The quantitative estimate of drug-likeness (QED) is 0.135. The minimum absolute atomic E-state index is 0.0141. The van der Waals surface area contributed by atoms with Crippen LogP contribution in [0.25, 0.3) is 33.6 Å². The lowest BCUT2D eigenvalue weighted by Crippen LogP contribution is -2.43. The predicted octanol–water partition coefficient (Wildman–Crippen LogP) is 6.56. The Morgan fingerprint density at radius 2 is 1.25 bits per heavy atom. The molecule has 5 aromatic rings. The zero-order chi connectivity index (χ0) is 36.5. The number of likely N-dealkylation sites (N-methyl/N-ethyl adjacent to an activating group) is 1. The molecule has 0 radical (unpaired) electrons. The summed E-state index contributed by atoms with van der Waals surface area (Å²) < 4.78 is 0. The second-order valence-corrected chi connectivity index (χ2v) is 14.3. The van der Waals surface area contributed by atoms with E-state index >= 15 is 0 Å². The van der Waals surface area contributed by atoms with Gasteiger partial charge in [-0.2, -0.15) is 0 Å². The van der Waals surface area contributed by atoms with Crippen LogP contribution in [0, 0.1) is 0 Å². The Morgan fingerprint density at radius 1 is 0.717 bits per heavy atom. The molecule has 4 atom stereocenters. The van der Waals surface area contributed by atoms with E-state index in [9.17, 15) is 19.5 Å². The van der Waals surface area contributed by atoms with E-state index in [0.717, 1.165) is 96.0 Å². The summed E-state index contributed by atoms with van der Waals surface area (Å²) in [6.07, 6.45) is 7.89. The summed E-state index contributed by atoms with van der Waals surface area (Å²) in [5, 5.41) is 13.1. The second-order valence-electron chi connectivity index (χ2n) is 14.3. The number of hydrogen-bond acceptors (Lipinski definition) is 6. The number of rotatable bonds is 9. The van der Waals surface area contributed by atoms with Gasteiger partial charge in [0.1, 0.15) is 17.7 Å². The van der Waals surface area contributed by atoms with Crippen LogP contribution >= 0.6 is 0 Å². The normalized spacial score (nSPS) is 20.5. The van der Waals surface area contributed by atoms with Gasteiger partial charge < -0.3 is 30.2 Å². The van der Waals surface area contributed by atoms with Gasteiger partial charge in [0.25, 0.3) is 5.91 Å². The fourth-order valence-corrected chi connectivity index (χ4v) is 8.15. The SMILES string of the molecule is CN(C(=O)O)[C@@H](C(=O)N1CCC[C@H]1c1ncc(-c2ccc(-c3ccc(-c4cnc([C@@H]5CCCN5C(=O)[C@H]5CCCN5)[nH]4)cc3)cc2)[nH]1)c1ccccc1. The average molecular weight is 713 g/mol. The molecule has 0 aliphatic carbocycles. The number of amides is 3. The highest BCUT2D eigenvalue weighted by molar-refractivity contribution is 5.87. The molecule has 5 heterocycles. The molecule has 2 aromatic heterocycles. The van der Waals surface area contributed by atoms with Crippen LogP contribution in [0.1, 0.15) is 73.9 Å². The third kappa shape index (κ3) is 6.82. The highest BCUT2D eigenvalue weighted by Gasteiger charge is 2.39.